The summed E-state index contributed by atoms with van der Waals surface area (Å²) < 4.78 is 5.23. The monoisotopic (exact) mass is 329 g/mol. The van der Waals surface area contributed by atoms with Crippen molar-refractivity contribution in [2.24, 2.45) is 5.10 Å². The van der Waals surface area contributed by atoms with Gasteiger partial charge >= 0.3 is 0 Å². The highest BCUT2D eigenvalue weighted by atomic mass is 35.5. The summed E-state index contributed by atoms with van der Waals surface area (Å²) >= 11 is 5.92. The molecule has 0 bridgehead atoms. The third-order valence-corrected chi connectivity index (χ3v) is 4.04. The number of furan rings is 1. The van der Waals surface area contributed by atoms with Crippen LogP contribution in [-0.4, -0.2) is 42.3 Å². The molecular weight excluding hydrogens is 310 g/mol. The lowest BCUT2D eigenvalue weighted by Gasteiger charge is -2.32. The molecule has 2 aromatic rings. The van der Waals surface area contributed by atoms with Gasteiger partial charge in [0.1, 0.15) is 5.76 Å². The zero-order chi connectivity index (χ0) is 15.9. The van der Waals surface area contributed by atoms with Crippen molar-refractivity contribution in [2.75, 3.05) is 26.2 Å². The van der Waals surface area contributed by atoms with Crippen molar-refractivity contribution in [1.29, 1.82) is 0 Å². The summed E-state index contributed by atoms with van der Waals surface area (Å²) in [7, 11) is 0. The van der Waals surface area contributed by atoms with Crippen molar-refractivity contribution in [3.05, 3.63) is 65.1 Å². The molecule has 4 nitrogen and oxygen atoms in total. The van der Waals surface area contributed by atoms with Crippen molar-refractivity contribution in [3.8, 4) is 0 Å². The second-order valence-electron chi connectivity index (χ2n) is 5.50. The van der Waals surface area contributed by atoms with E-state index in [1.165, 1.54) is 5.56 Å². The smallest absolute Gasteiger partial charge is 0.126 e. The Bertz CT molecular complexity index is 641. The van der Waals surface area contributed by atoms with Crippen LogP contribution in [0.25, 0.3) is 6.08 Å². The van der Waals surface area contributed by atoms with Gasteiger partial charge in [0.15, 0.2) is 0 Å². The summed E-state index contributed by atoms with van der Waals surface area (Å²) in [6.45, 7) is 4.88. The topological polar surface area (TPSA) is 32.0 Å². The summed E-state index contributed by atoms with van der Waals surface area (Å²) in [5, 5.41) is 7.36. The first-order valence-corrected chi connectivity index (χ1v) is 8.13. The molecule has 1 aromatic heterocycles. The standard InChI is InChI=1S/C18H20ClN3O/c19-17-7-5-16(6-8-17)15-21-10-12-22(13-11-21)20-9-1-3-18-4-2-14-23-18/h1-9,14H,10-13,15H2/b3-1-,20-9+. The maximum atomic E-state index is 5.92. The van der Waals surface area contributed by atoms with Crippen molar-refractivity contribution >= 4 is 23.9 Å². The minimum absolute atomic E-state index is 0.788. The Labute approximate surface area is 141 Å². The number of rotatable bonds is 5. The minimum Gasteiger partial charge on any atom is -0.465 e. The van der Waals surface area contributed by atoms with Gasteiger partial charge in [-0.1, -0.05) is 23.7 Å². The molecule has 0 N–H and O–H groups in total. The van der Waals surface area contributed by atoms with E-state index in [0.29, 0.717) is 0 Å². The minimum atomic E-state index is 0.788. The van der Waals surface area contributed by atoms with Crippen molar-refractivity contribution in [1.82, 2.24) is 9.91 Å². The molecule has 1 fully saturated rings. The van der Waals surface area contributed by atoms with E-state index in [2.05, 4.69) is 27.1 Å². The predicted molar refractivity (Wildman–Crippen MR) is 94.5 cm³/mol. The van der Waals surface area contributed by atoms with E-state index in [1.807, 2.05) is 42.6 Å². The Morgan fingerprint density at radius 1 is 1.09 bits per heavy atom. The molecule has 5 heteroatoms. The molecule has 0 atom stereocenters. The first-order valence-electron chi connectivity index (χ1n) is 7.75. The Morgan fingerprint density at radius 2 is 1.87 bits per heavy atom. The lowest BCUT2D eigenvalue weighted by Crippen LogP contribution is -2.43. The molecule has 120 valence electrons. The summed E-state index contributed by atoms with van der Waals surface area (Å²) in [4.78, 5) is 2.44. The molecule has 23 heavy (non-hydrogen) atoms. The summed E-state index contributed by atoms with van der Waals surface area (Å²) in [5.74, 6) is 0.837. The molecule has 1 aliphatic heterocycles. The number of allylic oxidation sites excluding steroid dienone is 1. The number of halogens is 1. The number of hydrazone groups is 1. The first kappa shape index (κ1) is 15.8. The molecule has 1 saturated heterocycles. The third-order valence-electron chi connectivity index (χ3n) is 3.79. The van der Waals surface area contributed by atoms with Crippen LogP contribution in [-0.2, 0) is 6.54 Å². The van der Waals surface area contributed by atoms with Crippen LogP contribution in [0.2, 0.25) is 5.02 Å². The van der Waals surface area contributed by atoms with Crippen LogP contribution in [0.1, 0.15) is 11.3 Å². The van der Waals surface area contributed by atoms with Gasteiger partial charge in [-0.2, -0.15) is 5.10 Å². The number of hydrogen-bond donors (Lipinski definition) is 0. The second kappa shape index (κ2) is 7.99. The zero-order valence-corrected chi connectivity index (χ0v) is 13.7. The van der Waals surface area contributed by atoms with Gasteiger partial charge in [0.2, 0.25) is 0 Å². The van der Waals surface area contributed by atoms with Gasteiger partial charge in [0.25, 0.3) is 0 Å². The fourth-order valence-electron chi connectivity index (χ4n) is 2.52. The maximum absolute atomic E-state index is 5.92. The van der Waals surface area contributed by atoms with Crippen LogP contribution in [0.5, 0.6) is 0 Å². The summed E-state index contributed by atoms with van der Waals surface area (Å²) in [6, 6.07) is 11.9. The Kier molecular flexibility index (Phi) is 5.51. The molecule has 0 radical (unpaired) electrons. The highest BCUT2D eigenvalue weighted by Gasteiger charge is 2.15. The summed E-state index contributed by atoms with van der Waals surface area (Å²) in [6.07, 6.45) is 7.29. The number of benzene rings is 1. The number of hydrogen-bond acceptors (Lipinski definition) is 4. The molecule has 1 aromatic carbocycles. The van der Waals surface area contributed by atoms with Gasteiger partial charge in [-0.3, -0.25) is 9.91 Å². The van der Waals surface area contributed by atoms with E-state index in [9.17, 15) is 0 Å². The van der Waals surface area contributed by atoms with Gasteiger partial charge < -0.3 is 4.42 Å². The lowest BCUT2D eigenvalue weighted by atomic mass is 10.2. The van der Waals surface area contributed by atoms with Gasteiger partial charge in [-0.05, 0) is 42.0 Å². The number of nitrogens with zero attached hydrogens (tertiary/aromatic N) is 3. The van der Waals surface area contributed by atoms with Gasteiger partial charge in [0, 0.05) is 44.0 Å². The van der Waals surface area contributed by atoms with Crippen molar-refractivity contribution < 1.29 is 4.42 Å². The van der Waals surface area contributed by atoms with E-state index < -0.39 is 0 Å². The van der Waals surface area contributed by atoms with Crippen molar-refractivity contribution in [2.45, 2.75) is 6.54 Å². The number of piperazine rings is 1. The van der Waals surface area contributed by atoms with E-state index in [4.69, 9.17) is 16.0 Å². The Balaban J connectivity index is 1.42. The maximum Gasteiger partial charge on any atom is 0.126 e. The van der Waals surface area contributed by atoms with Gasteiger partial charge in [-0.25, -0.2) is 0 Å². The average Bonchev–Trinajstić information content (AvgIpc) is 3.09. The normalized spacial score (nSPS) is 16.7. The third kappa shape index (κ3) is 4.98. The van der Waals surface area contributed by atoms with Crippen molar-refractivity contribution in [3.63, 3.8) is 0 Å². The van der Waals surface area contributed by atoms with Crippen LogP contribution < -0.4 is 0 Å². The molecule has 3 rings (SSSR count). The van der Waals surface area contributed by atoms with E-state index in [1.54, 1.807) is 6.26 Å². The lowest BCUT2D eigenvalue weighted by molar-refractivity contribution is 0.131. The van der Waals surface area contributed by atoms with E-state index >= 15 is 0 Å². The molecule has 2 heterocycles. The highest BCUT2D eigenvalue weighted by molar-refractivity contribution is 6.30. The fraction of sp³-hybridized carbons (Fsp3) is 0.278. The molecule has 0 spiro atoms. The largest absolute Gasteiger partial charge is 0.465 e. The zero-order valence-electron chi connectivity index (χ0n) is 12.9. The van der Waals surface area contributed by atoms with Crippen LogP contribution in [0, 0.1) is 0 Å². The van der Waals surface area contributed by atoms with Crippen LogP contribution >= 0.6 is 11.6 Å². The van der Waals surface area contributed by atoms with Gasteiger partial charge in [-0.15, -0.1) is 0 Å². The molecule has 0 saturated carbocycles. The Morgan fingerprint density at radius 3 is 2.57 bits per heavy atom. The summed E-state index contributed by atoms with van der Waals surface area (Å²) in [5.41, 5.74) is 1.30. The van der Waals surface area contributed by atoms with Crippen LogP contribution in [0.15, 0.2) is 58.3 Å². The SMILES string of the molecule is Clc1ccc(CN2CCN(/N=C/C=C\c3ccco3)CC2)cc1. The predicted octanol–water partition coefficient (Wildman–Crippen LogP) is 3.75. The second-order valence-corrected chi connectivity index (χ2v) is 5.93. The Hall–Kier alpha value is -2.04. The quantitative estimate of drug-likeness (QED) is 0.783. The highest BCUT2D eigenvalue weighted by Crippen LogP contribution is 2.13. The van der Waals surface area contributed by atoms with E-state index in [-0.39, 0.29) is 0 Å². The first-order chi connectivity index (χ1) is 11.3. The van der Waals surface area contributed by atoms with E-state index in [0.717, 1.165) is 43.5 Å². The van der Waals surface area contributed by atoms with Gasteiger partial charge in [0.05, 0.1) is 6.26 Å². The molecular formula is C18H20ClN3O. The fourth-order valence-corrected chi connectivity index (χ4v) is 2.64. The molecule has 0 amide bonds. The molecule has 1 aliphatic rings. The van der Waals surface area contributed by atoms with Crippen LogP contribution in [0.3, 0.4) is 0 Å². The molecule has 0 unspecified atom stereocenters. The van der Waals surface area contributed by atoms with Crippen LogP contribution in [0.4, 0.5) is 0 Å². The average molecular weight is 330 g/mol. The molecule has 0 aliphatic carbocycles.